The molecule has 0 atom stereocenters. The van der Waals surface area contributed by atoms with E-state index in [0.717, 1.165) is 24.1 Å². The molecule has 0 fully saturated rings. The van der Waals surface area contributed by atoms with E-state index in [4.69, 9.17) is 4.74 Å². The fourth-order valence-electron chi connectivity index (χ4n) is 3.34. The van der Waals surface area contributed by atoms with E-state index in [1.807, 2.05) is 24.3 Å². The second-order valence-electron chi connectivity index (χ2n) is 7.31. The number of esters is 1. The molecule has 0 saturated heterocycles. The molecule has 3 rings (SSSR count). The van der Waals surface area contributed by atoms with E-state index in [2.05, 4.69) is 5.32 Å². The SMILES string of the molecule is COC(=O)c1ccccc1NC(=O)C(C)(C)C(=O)N1CCCc2ccccc21. The first-order valence-corrected chi connectivity index (χ1v) is 9.25. The van der Waals surface area contributed by atoms with Gasteiger partial charge in [0, 0.05) is 12.2 Å². The predicted molar refractivity (Wildman–Crippen MR) is 107 cm³/mol. The van der Waals surface area contributed by atoms with Gasteiger partial charge in [0.2, 0.25) is 11.8 Å². The van der Waals surface area contributed by atoms with Crippen LogP contribution in [0.15, 0.2) is 48.5 Å². The Balaban J connectivity index is 1.85. The van der Waals surface area contributed by atoms with Crippen LogP contribution in [0.4, 0.5) is 11.4 Å². The third-order valence-electron chi connectivity index (χ3n) is 5.04. The van der Waals surface area contributed by atoms with Gasteiger partial charge in [-0.05, 0) is 50.5 Å². The number of nitrogens with one attached hydrogen (secondary N) is 1. The number of anilines is 2. The van der Waals surface area contributed by atoms with Gasteiger partial charge in [-0.3, -0.25) is 9.59 Å². The summed E-state index contributed by atoms with van der Waals surface area (Å²) in [6.07, 6.45) is 1.77. The minimum Gasteiger partial charge on any atom is -0.465 e. The molecule has 0 bridgehead atoms. The largest absolute Gasteiger partial charge is 0.465 e. The van der Waals surface area contributed by atoms with Crippen molar-refractivity contribution in [2.75, 3.05) is 23.9 Å². The molecular weight excluding hydrogens is 356 g/mol. The molecule has 28 heavy (non-hydrogen) atoms. The molecule has 0 spiro atoms. The quantitative estimate of drug-likeness (QED) is 0.651. The van der Waals surface area contributed by atoms with Crippen molar-refractivity contribution in [2.45, 2.75) is 26.7 Å². The first-order valence-electron chi connectivity index (χ1n) is 9.25. The number of nitrogens with zero attached hydrogens (tertiary/aromatic N) is 1. The lowest BCUT2D eigenvalue weighted by Crippen LogP contribution is -2.49. The number of amides is 2. The monoisotopic (exact) mass is 380 g/mol. The van der Waals surface area contributed by atoms with E-state index in [1.165, 1.54) is 7.11 Å². The fraction of sp³-hybridized carbons (Fsp3) is 0.318. The molecule has 6 heteroatoms. The molecule has 2 aromatic carbocycles. The highest BCUT2D eigenvalue weighted by Crippen LogP contribution is 2.32. The number of aryl methyl sites for hydroxylation is 1. The molecule has 0 saturated carbocycles. The second kappa shape index (κ2) is 7.84. The van der Waals surface area contributed by atoms with Crippen molar-refractivity contribution in [3.8, 4) is 0 Å². The average molecular weight is 380 g/mol. The van der Waals surface area contributed by atoms with E-state index < -0.39 is 17.3 Å². The van der Waals surface area contributed by atoms with Gasteiger partial charge in [-0.2, -0.15) is 0 Å². The number of hydrogen-bond acceptors (Lipinski definition) is 4. The summed E-state index contributed by atoms with van der Waals surface area (Å²) < 4.78 is 4.76. The molecule has 6 nitrogen and oxygen atoms in total. The molecule has 1 heterocycles. The highest BCUT2D eigenvalue weighted by atomic mass is 16.5. The fourth-order valence-corrected chi connectivity index (χ4v) is 3.34. The van der Waals surface area contributed by atoms with Crippen LogP contribution < -0.4 is 10.2 Å². The van der Waals surface area contributed by atoms with Crippen LogP contribution in [0.3, 0.4) is 0 Å². The van der Waals surface area contributed by atoms with Gasteiger partial charge in [0.15, 0.2) is 0 Å². The molecule has 0 aromatic heterocycles. The number of carbonyl (C=O) groups is 3. The smallest absolute Gasteiger partial charge is 0.339 e. The molecule has 2 aromatic rings. The van der Waals surface area contributed by atoms with Crippen LogP contribution in [0.25, 0.3) is 0 Å². The zero-order valence-electron chi connectivity index (χ0n) is 16.3. The maximum Gasteiger partial charge on any atom is 0.339 e. The van der Waals surface area contributed by atoms with Crippen LogP contribution in [0, 0.1) is 5.41 Å². The van der Waals surface area contributed by atoms with Crippen LogP contribution in [-0.4, -0.2) is 31.4 Å². The molecule has 1 aliphatic heterocycles. The molecule has 1 aliphatic rings. The Morgan fingerprint density at radius 2 is 1.71 bits per heavy atom. The van der Waals surface area contributed by atoms with Gasteiger partial charge in [-0.25, -0.2) is 4.79 Å². The third-order valence-corrected chi connectivity index (χ3v) is 5.04. The topological polar surface area (TPSA) is 75.7 Å². The van der Waals surface area contributed by atoms with E-state index in [-0.39, 0.29) is 11.5 Å². The number of methoxy groups -OCH3 is 1. The number of ether oxygens (including phenoxy) is 1. The Morgan fingerprint density at radius 1 is 1.04 bits per heavy atom. The van der Waals surface area contributed by atoms with Crippen LogP contribution in [0.2, 0.25) is 0 Å². The van der Waals surface area contributed by atoms with Crippen LogP contribution in [0.1, 0.15) is 36.2 Å². The summed E-state index contributed by atoms with van der Waals surface area (Å²) in [4.78, 5) is 39.9. The predicted octanol–water partition coefficient (Wildman–Crippen LogP) is 3.42. The van der Waals surface area contributed by atoms with Gasteiger partial charge < -0.3 is 15.0 Å². The van der Waals surface area contributed by atoms with Gasteiger partial charge in [0.25, 0.3) is 0 Å². The first-order chi connectivity index (χ1) is 13.4. The molecule has 2 amide bonds. The number of para-hydroxylation sites is 2. The minimum absolute atomic E-state index is 0.241. The van der Waals surface area contributed by atoms with Crippen LogP contribution >= 0.6 is 0 Å². The molecule has 0 unspecified atom stereocenters. The number of fused-ring (bicyclic) bond motifs is 1. The lowest BCUT2D eigenvalue weighted by molar-refractivity contribution is -0.136. The molecule has 1 N–H and O–H groups in total. The van der Waals surface area contributed by atoms with Gasteiger partial charge >= 0.3 is 5.97 Å². The van der Waals surface area contributed by atoms with Gasteiger partial charge in [-0.15, -0.1) is 0 Å². The zero-order chi connectivity index (χ0) is 20.3. The summed E-state index contributed by atoms with van der Waals surface area (Å²) in [7, 11) is 1.28. The summed E-state index contributed by atoms with van der Waals surface area (Å²) >= 11 is 0. The lowest BCUT2D eigenvalue weighted by Gasteiger charge is -2.35. The maximum atomic E-state index is 13.3. The summed E-state index contributed by atoms with van der Waals surface area (Å²) in [6, 6.07) is 14.3. The second-order valence-corrected chi connectivity index (χ2v) is 7.31. The zero-order valence-corrected chi connectivity index (χ0v) is 16.3. The number of carbonyl (C=O) groups excluding carboxylic acids is 3. The van der Waals surface area contributed by atoms with Crippen LogP contribution in [-0.2, 0) is 20.7 Å². The van der Waals surface area contributed by atoms with Crippen molar-refractivity contribution in [1.82, 2.24) is 0 Å². The highest BCUT2D eigenvalue weighted by Gasteiger charge is 2.41. The molecule has 0 radical (unpaired) electrons. The lowest BCUT2D eigenvalue weighted by atomic mass is 9.88. The Labute approximate surface area is 164 Å². The number of rotatable bonds is 4. The maximum absolute atomic E-state index is 13.3. The van der Waals surface area contributed by atoms with Crippen molar-refractivity contribution in [2.24, 2.45) is 5.41 Å². The van der Waals surface area contributed by atoms with Gasteiger partial charge in [-0.1, -0.05) is 30.3 Å². The van der Waals surface area contributed by atoms with E-state index in [0.29, 0.717) is 12.2 Å². The molecular formula is C22H24N2O4. The Kier molecular flexibility index (Phi) is 5.49. The summed E-state index contributed by atoms with van der Waals surface area (Å²) in [5.41, 5.74) is 1.21. The molecule has 0 aliphatic carbocycles. The highest BCUT2D eigenvalue weighted by molar-refractivity contribution is 6.16. The summed E-state index contributed by atoms with van der Waals surface area (Å²) in [5.74, 6) is -1.30. The van der Waals surface area contributed by atoms with Crippen molar-refractivity contribution < 1.29 is 19.1 Å². The van der Waals surface area contributed by atoms with E-state index in [1.54, 1.807) is 43.0 Å². The summed E-state index contributed by atoms with van der Waals surface area (Å²) in [6.45, 7) is 3.77. The van der Waals surface area contributed by atoms with E-state index >= 15 is 0 Å². The van der Waals surface area contributed by atoms with Crippen LogP contribution in [0.5, 0.6) is 0 Å². The summed E-state index contributed by atoms with van der Waals surface area (Å²) in [5, 5.41) is 2.72. The van der Waals surface area contributed by atoms with Crippen molar-refractivity contribution in [3.05, 3.63) is 59.7 Å². The normalized spacial score (nSPS) is 13.5. The Hall–Kier alpha value is -3.15. The van der Waals surface area contributed by atoms with Crippen molar-refractivity contribution in [1.29, 1.82) is 0 Å². The minimum atomic E-state index is -1.31. The van der Waals surface area contributed by atoms with Gasteiger partial charge in [0.05, 0.1) is 18.4 Å². The first kappa shape index (κ1) is 19.6. The number of benzene rings is 2. The molecule has 146 valence electrons. The van der Waals surface area contributed by atoms with Crippen molar-refractivity contribution >= 4 is 29.2 Å². The Bertz CT molecular complexity index is 920. The third kappa shape index (κ3) is 3.63. The standard InChI is InChI=1S/C22H24N2O4/c1-22(2,20(26)23-17-12-6-5-11-16(17)19(25)28-3)21(27)24-14-8-10-15-9-4-7-13-18(15)24/h4-7,9,11-13H,8,10,14H2,1-3H3,(H,23,26). The van der Waals surface area contributed by atoms with Gasteiger partial charge in [0.1, 0.15) is 5.41 Å². The Morgan fingerprint density at radius 3 is 2.46 bits per heavy atom. The average Bonchev–Trinajstić information content (AvgIpc) is 2.72. The van der Waals surface area contributed by atoms with E-state index in [9.17, 15) is 14.4 Å². The van der Waals surface area contributed by atoms with Crippen molar-refractivity contribution in [3.63, 3.8) is 0 Å². The number of hydrogen-bond donors (Lipinski definition) is 1.